The van der Waals surface area contributed by atoms with E-state index in [4.69, 9.17) is 18.9 Å². The number of carbonyl (C=O) groups excluding carboxylic acids is 1. The first-order chi connectivity index (χ1) is 12.0. The van der Waals surface area contributed by atoms with Crippen LogP contribution in [0.25, 0.3) is 0 Å². The van der Waals surface area contributed by atoms with Crippen LogP contribution in [0.3, 0.4) is 0 Å². The van der Waals surface area contributed by atoms with Crippen LogP contribution < -0.4 is 0 Å². The number of hydrogen-bond acceptors (Lipinski definition) is 5. The van der Waals surface area contributed by atoms with Crippen LogP contribution in [-0.2, 0) is 30.2 Å². The average Bonchev–Trinajstić information content (AvgIpc) is 2.55. The molecule has 0 aliphatic carbocycles. The molecule has 0 unspecified atom stereocenters. The second-order valence-electron chi connectivity index (χ2n) is 4.86. The van der Waals surface area contributed by atoms with E-state index < -0.39 is 17.8 Å². The smallest absolute Gasteiger partial charge is 0.353 e. The highest BCUT2D eigenvalue weighted by atomic mass is 19.1. The van der Waals surface area contributed by atoms with E-state index >= 15 is 0 Å². The van der Waals surface area contributed by atoms with Gasteiger partial charge in [-0.1, -0.05) is 18.1 Å². The van der Waals surface area contributed by atoms with Crippen LogP contribution in [0.4, 0.5) is 4.39 Å². The molecule has 5 nitrogen and oxygen atoms in total. The summed E-state index contributed by atoms with van der Waals surface area (Å²) in [6, 6.07) is 4.44. The van der Waals surface area contributed by atoms with Crippen molar-refractivity contribution in [2.45, 2.75) is 40.1 Å². The zero-order chi connectivity index (χ0) is 18.7. The summed E-state index contributed by atoms with van der Waals surface area (Å²) in [5, 5.41) is 0. The molecule has 1 rings (SSSR count). The molecule has 0 N–H and O–H groups in total. The third-order valence-electron chi connectivity index (χ3n) is 3.08. The number of carbonyl (C=O) groups is 1. The Morgan fingerprint density at radius 2 is 1.64 bits per heavy atom. The molecular weight excluding hydrogens is 327 g/mol. The predicted molar refractivity (Wildman–Crippen MR) is 91.2 cm³/mol. The van der Waals surface area contributed by atoms with Crippen molar-refractivity contribution in [3.05, 3.63) is 35.1 Å². The van der Waals surface area contributed by atoms with E-state index in [-0.39, 0.29) is 18.6 Å². The Kier molecular flexibility index (Phi) is 9.14. The highest BCUT2D eigenvalue weighted by molar-refractivity contribution is 5.73. The zero-order valence-corrected chi connectivity index (χ0v) is 15.2. The van der Waals surface area contributed by atoms with E-state index in [2.05, 4.69) is 11.8 Å². The van der Waals surface area contributed by atoms with Gasteiger partial charge in [0.1, 0.15) is 5.82 Å². The van der Waals surface area contributed by atoms with Gasteiger partial charge in [-0.2, -0.15) is 0 Å². The monoisotopic (exact) mass is 352 g/mol. The lowest BCUT2D eigenvalue weighted by atomic mass is 10.0. The highest BCUT2D eigenvalue weighted by Crippen LogP contribution is 2.18. The highest BCUT2D eigenvalue weighted by Gasteiger charge is 2.30. The van der Waals surface area contributed by atoms with Gasteiger partial charge in [0.2, 0.25) is 0 Å². The fraction of sp³-hybridized carbons (Fsp3) is 0.526. The van der Waals surface area contributed by atoms with Crippen LogP contribution in [0.1, 0.15) is 38.8 Å². The van der Waals surface area contributed by atoms with Crippen molar-refractivity contribution in [3.63, 3.8) is 0 Å². The van der Waals surface area contributed by atoms with E-state index in [1.165, 1.54) is 12.1 Å². The molecule has 6 heteroatoms. The largest absolute Gasteiger partial charge is 0.466 e. The molecule has 0 aliphatic heterocycles. The van der Waals surface area contributed by atoms with Crippen LogP contribution in [0.2, 0.25) is 0 Å². The van der Waals surface area contributed by atoms with Gasteiger partial charge in [0, 0.05) is 0 Å². The number of benzene rings is 1. The molecule has 1 aromatic carbocycles. The maximum Gasteiger partial charge on any atom is 0.353 e. The lowest BCUT2D eigenvalue weighted by Crippen LogP contribution is -2.38. The summed E-state index contributed by atoms with van der Waals surface area (Å²) < 4.78 is 35.7. The van der Waals surface area contributed by atoms with Crippen LogP contribution >= 0.6 is 0 Å². The molecule has 0 aliphatic rings. The van der Waals surface area contributed by atoms with Gasteiger partial charge in [-0.3, -0.25) is 4.79 Å². The molecule has 0 heterocycles. The first-order valence-electron chi connectivity index (χ1n) is 8.39. The van der Waals surface area contributed by atoms with Gasteiger partial charge in [-0.15, -0.1) is 0 Å². The normalized spacial score (nSPS) is 10.9. The van der Waals surface area contributed by atoms with Gasteiger partial charge in [-0.25, -0.2) is 4.39 Å². The topological polar surface area (TPSA) is 54.0 Å². The van der Waals surface area contributed by atoms with Gasteiger partial charge in [0.05, 0.1) is 38.4 Å². The molecular formula is C19H25FO5. The number of esters is 1. The van der Waals surface area contributed by atoms with Crippen molar-refractivity contribution in [1.82, 2.24) is 0 Å². The summed E-state index contributed by atoms with van der Waals surface area (Å²) in [6.07, 6.45) is -0.0689. The number of hydrogen-bond donors (Lipinski definition) is 0. The summed E-state index contributed by atoms with van der Waals surface area (Å²) in [7, 11) is 0. The molecule has 0 saturated carbocycles. The lowest BCUT2D eigenvalue weighted by molar-refractivity contribution is -0.339. The fourth-order valence-electron chi connectivity index (χ4n) is 2.17. The Morgan fingerprint density at radius 3 is 2.16 bits per heavy atom. The second kappa shape index (κ2) is 10.8. The Hall–Kier alpha value is -1.94. The van der Waals surface area contributed by atoms with Crippen LogP contribution in [-0.4, -0.2) is 38.4 Å². The molecule has 0 spiro atoms. The lowest BCUT2D eigenvalue weighted by Gasteiger charge is -2.26. The molecule has 0 aromatic heterocycles. The van der Waals surface area contributed by atoms with Crippen LogP contribution in [0, 0.1) is 17.7 Å². The molecule has 1 aromatic rings. The van der Waals surface area contributed by atoms with E-state index in [9.17, 15) is 9.18 Å². The number of ether oxygens (including phenoxy) is 4. The number of rotatable bonds is 9. The molecule has 0 atom stereocenters. The Balaban J connectivity index is 3.23. The SMILES string of the molecule is CCOC(=O)Cc1cccc(F)c1C#CC(OCC)(OCC)OCC. The minimum Gasteiger partial charge on any atom is -0.466 e. The first kappa shape index (κ1) is 21.1. The van der Waals surface area contributed by atoms with Gasteiger partial charge in [-0.05, 0) is 45.2 Å². The quantitative estimate of drug-likeness (QED) is 0.388. The van der Waals surface area contributed by atoms with Gasteiger partial charge >= 0.3 is 11.9 Å². The minimum atomic E-state index is -1.57. The van der Waals surface area contributed by atoms with Gasteiger partial charge in [0.15, 0.2) is 0 Å². The summed E-state index contributed by atoms with van der Waals surface area (Å²) in [4.78, 5) is 11.7. The molecule has 138 valence electrons. The first-order valence-corrected chi connectivity index (χ1v) is 8.39. The summed E-state index contributed by atoms with van der Waals surface area (Å²) in [6.45, 7) is 8.24. The third-order valence-corrected chi connectivity index (χ3v) is 3.08. The second-order valence-corrected chi connectivity index (χ2v) is 4.86. The molecule has 0 radical (unpaired) electrons. The summed E-state index contributed by atoms with van der Waals surface area (Å²) in [5.41, 5.74) is 0.531. The molecule has 0 saturated heterocycles. The molecule has 25 heavy (non-hydrogen) atoms. The number of halogens is 1. The average molecular weight is 352 g/mol. The van der Waals surface area contributed by atoms with E-state index in [0.717, 1.165) is 0 Å². The fourth-order valence-corrected chi connectivity index (χ4v) is 2.17. The predicted octanol–water partition coefficient (Wildman–Crippen LogP) is 3.05. The summed E-state index contributed by atoms with van der Waals surface area (Å²) >= 11 is 0. The molecule has 0 fully saturated rings. The standard InChI is InChI=1S/C19H25FO5/c1-5-22-18(21)14-15-10-9-11-17(20)16(15)12-13-19(23-6-2,24-7-3)25-8-4/h9-11H,5-8,14H2,1-4H3. The Morgan fingerprint density at radius 1 is 1.04 bits per heavy atom. The third kappa shape index (κ3) is 6.46. The van der Waals surface area contributed by atoms with Gasteiger partial charge in [0.25, 0.3) is 0 Å². The van der Waals surface area contributed by atoms with Crippen molar-refractivity contribution < 1.29 is 28.1 Å². The van der Waals surface area contributed by atoms with E-state index in [0.29, 0.717) is 25.4 Å². The van der Waals surface area contributed by atoms with E-state index in [1.54, 1.807) is 33.8 Å². The van der Waals surface area contributed by atoms with Crippen molar-refractivity contribution in [2.75, 3.05) is 26.4 Å². The van der Waals surface area contributed by atoms with E-state index in [1.807, 2.05) is 0 Å². The van der Waals surface area contributed by atoms with Crippen LogP contribution in [0.15, 0.2) is 18.2 Å². The maximum atomic E-state index is 14.2. The van der Waals surface area contributed by atoms with Gasteiger partial charge < -0.3 is 18.9 Å². The minimum absolute atomic E-state index is 0.0689. The zero-order valence-electron chi connectivity index (χ0n) is 15.2. The van der Waals surface area contributed by atoms with Crippen molar-refractivity contribution in [2.24, 2.45) is 0 Å². The Bertz CT molecular complexity index is 601. The van der Waals surface area contributed by atoms with Crippen molar-refractivity contribution in [1.29, 1.82) is 0 Å². The van der Waals surface area contributed by atoms with Crippen LogP contribution in [0.5, 0.6) is 0 Å². The summed E-state index contributed by atoms with van der Waals surface area (Å²) in [5.74, 6) is 2.90. The van der Waals surface area contributed by atoms with Crippen molar-refractivity contribution in [3.8, 4) is 11.8 Å². The molecule has 0 amide bonds. The molecule has 0 bridgehead atoms. The maximum absolute atomic E-state index is 14.2. The van der Waals surface area contributed by atoms with Crippen molar-refractivity contribution >= 4 is 5.97 Å². The Labute approximate surface area is 148 Å².